The van der Waals surface area contributed by atoms with Crippen LogP contribution in [0.3, 0.4) is 0 Å². The zero-order valence-electron chi connectivity index (χ0n) is 17.6. The molecule has 0 spiro atoms. The number of aryl methyl sites for hydroxylation is 3. The first kappa shape index (κ1) is 23.2. The Hall–Kier alpha value is -2.48. The molecule has 0 radical (unpaired) electrons. The molecule has 162 valence electrons. The third-order valence-corrected chi connectivity index (χ3v) is 7.37. The van der Waals surface area contributed by atoms with Crippen LogP contribution in [0.2, 0.25) is 0 Å². The SMILES string of the molecule is Cc1cc(C)c(S(=O)(=O)NC(Cc2ccccc2)C(=O)Nc2ccccc2Br)c(C)c1. The Morgan fingerprint density at radius 1 is 0.935 bits per heavy atom. The number of benzene rings is 3. The molecule has 0 bridgehead atoms. The standard InChI is InChI=1S/C24H25BrN2O3S/c1-16-13-17(2)23(18(3)14-16)31(29,30)27-22(15-19-9-5-4-6-10-19)24(28)26-21-12-8-7-11-20(21)25/h4-14,22,27H,15H2,1-3H3,(H,26,28). The summed E-state index contributed by atoms with van der Waals surface area (Å²) in [4.78, 5) is 13.4. The quantitative estimate of drug-likeness (QED) is 0.484. The summed E-state index contributed by atoms with van der Waals surface area (Å²) < 4.78 is 30.0. The van der Waals surface area contributed by atoms with Gasteiger partial charge < -0.3 is 5.32 Å². The fourth-order valence-electron chi connectivity index (χ4n) is 3.66. The number of para-hydroxylation sites is 1. The number of nitrogens with one attached hydrogen (secondary N) is 2. The van der Waals surface area contributed by atoms with Gasteiger partial charge in [-0.15, -0.1) is 0 Å². The third kappa shape index (κ3) is 5.81. The van der Waals surface area contributed by atoms with E-state index in [-0.39, 0.29) is 11.3 Å². The molecule has 31 heavy (non-hydrogen) atoms. The number of rotatable bonds is 7. The van der Waals surface area contributed by atoms with Gasteiger partial charge in [0.25, 0.3) is 0 Å². The number of carbonyl (C=O) groups is 1. The first-order valence-corrected chi connectivity index (χ1v) is 12.1. The van der Waals surface area contributed by atoms with Crippen molar-refractivity contribution in [1.82, 2.24) is 4.72 Å². The van der Waals surface area contributed by atoms with Crippen molar-refractivity contribution in [3.05, 3.63) is 93.5 Å². The summed E-state index contributed by atoms with van der Waals surface area (Å²) in [6.07, 6.45) is 0.223. The number of amides is 1. The molecule has 0 aromatic heterocycles. The van der Waals surface area contributed by atoms with Gasteiger partial charge in [0.2, 0.25) is 15.9 Å². The minimum Gasteiger partial charge on any atom is -0.324 e. The van der Waals surface area contributed by atoms with Gasteiger partial charge in [-0.25, -0.2) is 8.42 Å². The number of sulfonamides is 1. The summed E-state index contributed by atoms with van der Waals surface area (Å²) in [5, 5.41) is 2.83. The summed E-state index contributed by atoms with van der Waals surface area (Å²) in [7, 11) is -3.93. The highest BCUT2D eigenvalue weighted by atomic mass is 79.9. The molecule has 3 aromatic carbocycles. The van der Waals surface area contributed by atoms with Crippen LogP contribution < -0.4 is 10.0 Å². The highest BCUT2D eigenvalue weighted by Crippen LogP contribution is 2.24. The molecule has 0 aliphatic rings. The fourth-order valence-corrected chi connectivity index (χ4v) is 5.69. The Bertz CT molecular complexity index is 1170. The molecule has 3 aromatic rings. The van der Waals surface area contributed by atoms with Crippen LogP contribution in [-0.2, 0) is 21.2 Å². The lowest BCUT2D eigenvalue weighted by Crippen LogP contribution is -2.45. The second-order valence-electron chi connectivity index (χ2n) is 7.56. The topological polar surface area (TPSA) is 75.3 Å². The van der Waals surface area contributed by atoms with Gasteiger partial charge >= 0.3 is 0 Å². The van der Waals surface area contributed by atoms with Gasteiger partial charge in [0.15, 0.2) is 0 Å². The van der Waals surface area contributed by atoms with Gasteiger partial charge in [-0.3, -0.25) is 4.79 Å². The lowest BCUT2D eigenvalue weighted by atomic mass is 10.1. The average molecular weight is 501 g/mol. The molecule has 3 rings (SSSR count). The van der Waals surface area contributed by atoms with Crippen molar-refractivity contribution in [2.75, 3.05) is 5.32 Å². The van der Waals surface area contributed by atoms with Crippen LogP contribution >= 0.6 is 15.9 Å². The number of hydrogen-bond donors (Lipinski definition) is 2. The first-order valence-electron chi connectivity index (χ1n) is 9.87. The summed E-state index contributed by atoms with van der Waals surface area (Å²) in [6, 6.07) is 19.2. The molecule has 0 aliphatic carbocycles. The van der Waals surface area contributed by atoms with E-state index in [9.17, 15) is 13.2 Å². The highest BCUT2D eigenvalue weighted by Gasteiger charge is 2.28. The lowest BCUT2D eigenvalue weighted by Gasteiger charge is -2.21. The summed E-state index contributed by atoms with van der Waals surface area (Å²) in [5.74, 6) is -0.429. The van der Waals surface area contributed by atoms with Gasteiger partial charge in [-0.05, 0) is 71.9 Å². The van der Waals surface area contributed by atoms with E-state index in [1.54, 1.807) is 26.0 Å². The Balaban J connectivity index is 1.94. The monoisotopic (exact) mass is 500 g/mol. The van der Waals surface area contributed by atoms with E-state index in [1.807, 2.05) is 61.5 Å². The van der Waals surface area contributed by atoms with Gasteiger partial charge in [-0.1, -0.05) is 60.2 Å². The molecule has 0 fully saturated rings. The second kappa shape index (κ2) is 9.77. The normalized spacial score (nSPS) is 12.4. The Kier molecular flexibility index (Phi) is 7.30. The van der Waals surface area contributed by atoms with Gasteiger partial charge in [0, 0.05) is 4.47 Å². The molecular weight excluding hydrogens is 476 g/mol. The maximum Gasteiger partial charge on any atom is 0.242 e. The Morgan fingerprint density at radius 2 is 1.52 bits per heavy atom. The Labute approximate surface area is 192 Å². The van der Waals surface area contributed by atoms with Crippen molar-refractivity contribution in [3.8, 4) is 0 Å². The van der Waals surface area contributed by atoms with Crippen LogP contribution in [-0.4, -0.2) is 20.4 Å². The molecule has 2 N–H and O–H groups in total. The molecule has 1 unspecified atom stereocenters. The molecule has 7 heteroatoms. The highest BCUT2D eigenvalue weighted by molar-refractivity contribution is 9.10. The maximum atomic E-state index is 13.3. The van der Waals surface area contributed by atoms with Gasteiger partial charge in [-0.2, -0.15) is 4.72 Å². The zero-order chi connectivity index (χ0) is 22.6. The van der Waals surface area contributed by atoms with Crippen LogP contribution in [0.25, 0.3) is 0 Å². The average Bonchev–Trinajstić information content (AvgIpc) is 2.68. The summed E-state index contributed by atoms with van der Waals surface area (Å²) in [5.41, 5.74) is 3.72. The number of hydrogen-bond acceptors (Lipinski definition) is 3. The Morgan fingerprint density at radius 3 is 2.13 bits per heavy atom. The number of carbonyl (C=O) groups excluding carboxylic acids is 1. The molecular formula is C24H25BrN2O3S. The van der Waals surface area contributed by atoms with E-state index >= 15 is 0 Å². The van der Waals surface area contributed by atoms with E-state index in [0.29, 0.717) is 16.8 Å². The van der Waals surface area contributed by atoms with Crippen LogP contribution in [0.5, 0.6) is 0 Å². The summed E-state index contributed by atoms with van der Waals surface area (Å²) in [6.45, 7) is 5.46. The van der Waals surface area contributed by atoms with Crippen molar-refractivity contribution in [1.29, 1.82) is 0 Å². The molecule has 5 nitrogen and oxygen atoms in total. The molecule has 0 heterocycles. The van der Waals surface area contributed by atoms with E-state index < -0.39 is 22.0 Å². The molecule has 1 atom stereocenters. The van der Waals surface area contributed by atoms with E-state index in [4.69, 9.17) is 0 Å². The molecule has 0 saturated heterocycles. The third-order valence-electron chi connectivity index (χ3n) is 4.90. The molecule has 0 aliphatic heterocycles. The van der Waals surface area contributed by atoms with Crippen molar-refractivity contribution in [2.45, 2.75) is 38.1 Å². The van der Waals surface area contributed by atoms with Crippen LogP contribution in [0.1, 0.15) is 22.3 Å². The van der Waals surface area contributed by atoms with Crippen LogP contribution in [0.15, 0.2) is 76.1 Å². The van der Waals surface area contributed by atoms with Crippen LogP contribution in [0.4, 0.5) is 5.69 Å². The van der Waals surface area contributed by atoms with Crippen molar-refractivity contribution >= 4 is 37.5 Å². The molecule has 1 amide bonds. The van der Waals surface area contributed by atoms with Gasteiger partial charge in [0.05, 0.1) is 10.6 Å². The van der Waals surface area contributed by atoms with Crippen molar-refractivity contribution in [3.63, 3.8) is 0 Å². The van der Waals surface area contributed by atoms with E-state index in [1.165, 1.54) is 0 Å². The zero-order valence-corrected chi connectivity index (χ0v) is 20.0. The van der Waals surface area contributed by atoms with Gasteiger partial charge in [0.1, 0.15) is 6.04 Å². The largest absolute Gasteiger partial charge is 0.324 e. The van der Waals surface area contributed by atoms with E-state index in [2.05, 4.69) is 26.0 Å². The number of halogens is 1. The maximum absolute atomic E-state index is 13.3. The summed E-state index contributed by atoms with van der Waals surface area (Å²) >= 11 is 3.41. The lowest BCUT2D eigenvalue weighted by molar-refractivity contribution is -0.117. The first-order chi connectivity index (χ1) is 14.7. The molecule has 0 saturated carbocycles. The second-order valence-corrected chi connectivity index (χ2v) is 10.1. The number of anilines is 1. The van der Waals surface area contributed by atoms with Crippen molar-refractivity contribution < 1.29 is 13.2 Å². The fraction of sp³-hybridized carbons (Fsp3) is 0.208. The van der Waals surface area contributed by atoms with Crippen molar-refractivity contribution in [2.24, 2.45) is 0 Å². The van der Waals surface area contributed by atoms with Crippen LogP contribution in [0, 0.1) is 20.8 Å². The smallest absolute Gasteiger partial charge is 0.242 e. The minimum absolute atomic E-state index is 0.213. The minimum atomic E-state index is -3.93. The van der Waals surface area contributed by atoms with E-state index in [0.717, 1.165) is 15.6 Å². The predicted octanol–water partition coefficient (Wildman–Crippen LogP) is 4.90. The predicted molar refractivity (Wildman–Crippen MR) is 128 cm³/mol.